The molecule has 0 spiro atoms. The predicted molar refractivity (Wildman–Crippen MR) is 369 cm³/mol. The number of aromatic nitrogens is 1. The van der Waals surface area contributed by atoms with Crippen molar-refractivity contribution in [1.29, 1.82) is 0 Å². The third-order valence-electron chi connectivity index (χ3n) is 15.4. The highest BCUT2D eigenvalue weighted by Crippen LogP contribution is 2.32. The van der Waals surface area contributed by atoms with E-state index in [4.69, 9.17) is 4.74 Å². The van der Waals surface area contributed by atoms with Gasteiger partial charge in [-0.3, -0.25) is 43.2 Å². The summed E-state index contributed by atoms with van der Waals surface area (Å²) in [5.41, 5.74) is 2.92. The zero-order chi connectivity index (χ0) is 69.0. The number of fused-ring (bicyclic) bond motifs is 1. The van der Waals surface area contributed by atoms with Crippen LogP contribution in [0.2, 0.25) is 0 Å². The number of nitrogens with zero attached hydrogens (tertiary/aromatic N) is 1. The number of pyridine rings is 1. The number of hydrogen-bond acceptors (Lipinski definition) is 19. The van der Waals surface area contributed by atoms with Gasteiger partial charge in [-0.05, 0) is 142 Å². The lowest BCUT2D eigenvalue weighted by atomic mass is 9.90. The van der Waals surface area contributed by atoms with Gasteiger partial charge < -0.3 is 62.6 Å². The molecule has 23 nitrogen and oxygen atoms in total. The molecule has 514 valence electrons. The summed E-state index contributed by atoms with van der Waals surface area (Å²) in [6.07, 6.45) is 0.940. The Labute approximate surface area is 570 Å². The minimum atomic E-state index is -1.79. The molecule has 0 unspecified atom stereocenters. The molecule has 95 heavy (non-hydrogen) atoms. The Hall–Kier alpha value is -7.43. The molecule has 3 aromatic carbocycles. The molecule has 4 aromatic rings. The van der Waals surface area contributed by atoms with Gasteiger partial charge in [-0.25, -0.2) is 9.78 Å². The van der Waals surface area contributed by atoms with Crippen LogP contribution in [0.3, 0.4) is 0 Å². The van der Waals surface area contributed by atoms with E-state index < -0.39 is 131 Å². The van der Waals surface area contributed by atoms with Crippen molar-refractivity contribution in [1.82, 2.24) is 47.5 Å². The molecule has 0 radical (unpaired) electrons. The van der Waals surface area contributed by atoms with Crippen molar-refractivity contribution in [3.05, 3.63) is 132 Å². The van der Waals surface area contributed by atoms with Gasteiger partial charge in [0.15, 0.2) is 11.6 Å². The third-order valence-corrected chi connectivity index (χ3v) is 20.1. The zero-order valence-corrected chi connectivity index (χ0v) is 57.7. The molecule has 1 fully saturated rings. The van der Waals surface area contributed by atoms with E-state index in [1.54, 1.807) is 75.5 Å². The van der Waals surface area contributed by atoms with Crippen molar-refractivity contribution >= 4 is 108 Å². The molecule has 2 aliphatic rings. The van der Waals surface area contributed by atoms with Crippen molar-refractivity contribution < 1.29 is 68.0 Å². The average Bonchev–Trinajstić information content (AvgIpc) is 1.81. The first-order valence-corrected chi connectivity index (χ1v) is 36.7. The second kappa shape index (κ2) is 39.0. The SMILES string of the molecule is CCCC(=O)N[C@H](Cc1ccccc1)C(=O)N[C@H]1CSSC[C@@H](C(=O)N[C@H](C(=O)CCCSSc2ccccn2)[C@@H](C)O)NC(=O)[C@H]([C@@H](C)O)NC(=O)[C@H](CCCCNC(=O)OC(C)(C)C)NC(=O)[C@@H](CC2=CCc3ccccc32)NC(=O)[C@H](Cc2ccc(O)cc2)CC1=O. The van der Waals surface area contributed by atoms with Crippen LogP contribution < -0.4 is 42.5 Å². The normalized spacial score (nSPS) is 20.5. The van der Waals surface area contributed by atoms with Crippen LogP contribution in [-0.2, 0) is 67.2 Å². The van der Waals surface area contributed by atoms with Crippen LogP contribution in [0.15, 0.2) is 114 Å². The first-order valence-electron chi connectivity index (χ1n) is 31.9. The minimum Gasteiger partial charge on any atom is -0.508 e. The molecular weight excluding hydrogens is 1300 g/mol. The quantitative estimate of drug-likeness (QED) is 0.0240. The molecule has 10 atom stereocenters. The number of amides is 8. The topological polar surface area (TPSA) is 350 Å². The Morgan fingerprint density at radius 3 is 2.14 bits per heavy atom. The maximum atomic E-state index is 15.2. The van der Waals surface area contributed by atoms with Gasteiger partial charge in [0.2, 0.25) is 41.4 Å². The van der Waals surface area contributed by atoms with Crippen LogP contribution in [0.4, 0.5) is 4.79 Å². The number of allylic oxidation sites excluding steroid dienone is 1. The first kappa shape index (κ1) is 76.6. The summed E-state index contributed by atoms with van der Waals surface area (Å²) in [6.45, 7) is 9.60. The monoisotopic (exact) mass is 1380 g/mol. The highest BCUT2D eigenvalue weighted by molar-refractivity contribution is 8.77. The van der Waals surface area contributed by atoms with Crippen molar-refractivity contribution in [3.63, 3.8) is 0 Å². The number of ether oxygens (including phenoxy) is 1. The average molecular weight is 1380 g/mol. The van der Waals surface area contributed by atoms with Crippen LogP contribution in [0.1, 0.15) is 122 Å². The molecule has 1 aliphatic heterocycles. The molecule has 0 bridgehead atoms. The van der Waals surface area contributed by atoms with Crippen LogP contribution in [0, 0.1) is 5.92 Å². The molecule has 11 N–H and O–H groups in total. The number of alkyl carbamates (subject to hydrolysis) is 1. The number of aliphatic hydroxyl groups is 2. The molecule has 1 saturated heterocycles. The van der Waals surface area contributed by atoms with Gasteiger partial charge in [-0.15, -0.1) is 0 Å². The first-order chi connectivity index (χ1) is 45.4. The Balaban J connectivity index is 1.39. The lowest BCUT2D eigenvalue weighted by Gasteiger charge is -2.29. The summed E-state index contributed by atoms with van der Waals surface area (Å²) in [5.74, 6) is -8.13. The number of aliphatic hydroxyl groups excluding tert-OH is 2. The predicted octanol–water partition coefficient (Wildman–Crippen LogP) is 6.01. The summed E-state index contributed by atoms with van der Waals surface area (Å²) in [7, 11) is 4.88. The van der Waals surface area contributed by atoms with Crippen LogP contribution in [0.25, 0.3) is 5.57 Å². The van der Waals surface area contributed by atoms with E-state index in [1.165, 1.54) is 47.6 Å². The van der Waals surface area contributed by atoms with Gasteiger partial charge >= 0.3 is 6.09 Å². The molecule has 27 heteroatoms. The summed E-state index contributed by atoms with van der Waals surface area (Å²) in [5, 5.41) is 55.2. The number of carbonyl (C=O) groups is 10. The van der Waals surface area contributed by atoms with Crippen LogP contribution in [-0.4, -0.2) is 163 Å². The summed E-state index contributed by atoms with van der Waals surface area (Å²) >= 11 is 0. The zero-order valence-electron chi connectivity index (χ0n) is 54.4. The highest BCUT2D eigenvalue weighted by Gasteiger charge is 2.38. The number of nitrogens with one attached hydrogen (secondary N) is 8. The smallest absolute Gasteiger partial charge is 0.407 e. The van der Waals surface area contributed by atoms with E-state index in [-0.39, 0.29) is 75.2 Å². The van der Waals surface area contributed by atoms with Gasteiger partial charge in [0.05, 0.1) is 18.2 Å². The number of unbranched alkanes of at least 4 members (excludes halogenated alkanes) is 1. The maximum absolute atomic E-state index is 15.2. The van der Waals surface area contributed by atoms with E-state index in [1.807, 2.05) is 49.4 Å². The van der Waals surface area contributed by atoms with Crippen molar-refractivity contribution in [2.24, 2.45) is 5.92 Å². The molecule has 6 rings (SSSR count). The molecule has 0 saturated carbocycles. The lowest BCUT2D eigenvalue weighted by Crippen LogP contribution is -2.62. The Morgan fingerprint density at radius 1 is 0.747 bits per heavy atom. The number of phenolic OH excluding ortho intramolecular Hbond substituents is 1. The lowest BCUT2D eigenvalue weighted by molar-refractivity contribution is -0.137. The number of rotatable bonds is 27. The fourth-order valence-corrected chi connectivity index (χ4v) is 14.7. The largest absolute Gasteiger partial charge is 0.508 e. The fraction of sp³-hybridized carbons (Fsp3) is 0.485. The van der Waals surface area contributed by atoms with E-state index in [0.29, 0.717) is 41.7 Å². The van der Waals surface area contributed by atoms with Gasteiger partial charge in [0.25, 0.3) is 0 Å². The van der Waals surface area contributed by atoms with Crippen molar-refractivity contribution in [3.8, 4) is 5.75 Å². The van der Waals surface area contributed by atoms with Gasteiger partial charge in [-0.1, -0.05) is 118 Å². The molecule has 8 amide bonds. The number of phenols is 1. The van der Waals surface area contributed by atoms with Crippen LogP contribution in [0.5, 0.6) is 5.75 Å². The molecule has 1 aliphatic carbocycles. The number of benzene rings is 3. The van der Waals surface area contributed by atoms with Crippen molar-refractivity contribution in [2.45, 2.75) is 184 Å². The summed E-state index contributed by atoms with van der Waals surface area (Å²) < 4.78 is 5.37. The number of carbonyl (C=O) groups excluding carboxylic acids is 10. The maximum Gasteiger partial charge on any atom is 0.407 e. The standard InChI is InChI=1S/C68H89N9O14S4/c1-7-18-57(83)71-51(36-43-19-9-8-10-20-43)63(86)74-53-39-93-94-40-54(65(88)76-59(41(2)78)55(81)24-17-34-92-95-58-25-14-16-32-69-58)75-66(89)60(42(3)79)77-62(85)50(23-13-15-33-70-67(90)91-68(4,5)6)72-64(87)52(37-46-29-28-45-21-11-12-22-49(45)46)73-61(84)47(38-56(53)82)35-44-26-30-48(80)31-27-44/h8-12,14,16,19-22,25-27,29-32,41-42,47,50-54,59-60,78-80H,7,13,15,17-18,23-24,28,33-40H2,1-6H3,(H,70,90)(H,71,83)(H,72,87)(H,73,84)(H,74,86)(H,75,89)(H,76,88)(H,77,85)/t41-,42-,47-,50+,51-,52-,53+,54+,59+,60+/m1/s1. The molecule has 2 heterocycles. The Morgan fingerprint density at radius 2 is 1.44 bits per heavy atom. The second-order valence-electron chi connectivity index (χ2n) is 24.4. The van der Waals surface area contributed by atoms with E-state index >= 15 is 14.4 Å². The summed E-state index contributed by atoms with van der Waals surface area (Å²) in [4.78, 5) is 148. The van der Waals surface area contributed by atoms with Gasteiger partial charge in [0, 0.05) is 68.0 Å². The van der Waals surface area contributed by atoms with Crippen LogP contribution >= 0.6 is 43.2 Å². The van der Waals surface area contributed by atoms with E-state index in [2.05, 4.69) is 47.5 Å². The van der Waals surface area contributed by atoms with E-state index in [0.717, 1.165) is 37.7 Å². The Bertz CT molecular complexity index is 3270. The Kier molecular flexibility index (Phi) is 31.4. The minimum absolute atomic E-state index is 0.0394. The summed E-state index contributed by atoms with van der Waals surface area (Å²) in [6, 6.07) is 17.7. The third kappa shape index (κ3) is 26.3. The number of hydrogen-bond donors (Lipinski definition) is 11. The highest BCUT2D eigenvalue weighted by atomic mass is 33.1. The van der Waals surface area contributed by atoms with Gasteiger partial charge in [0.1, 0.15) is 52.6 Å². The van der Waals surface area contributed by atoms with E-state index in [9.17, 15) is 48.9 Å². The fourth-order valence-electron chi connectivity index (χ4n) is 10.4. The van der Waals surface area contributed by atoms with Crippen molar-refractivity contribution in [2.75, 3.05) is 23.8 Å². The molecular formula is C68H89N9O14S4. The number of aromatic hydroxyl groups is 1. The number of ketones is 2. The molecule has 1 aromatic heterocycles. The second-order valence-corrected chi connectivity index (χ2v) is 29.4. The number of Topliss-reactive ketones (excluding diaryl/α,β-unsaturated/α-hetero) is 2. The van der Waals surface area contributed by atoms with Gasteiger partial charge in [-0.2, -0.15) is 0 Å².